The minimum absolute atomic E-state index is 0.0253. The summed E-state index contributed by atoms with van der Waals surface area (Å²) in [6, 6.07) is 3.00. The van der Waals surface area contributed by atoms with Gasteiger partial charge in [0.25, 0.3) is 5.91 Å². The molecule has 0 saturated heterocycles. The SMILES string of the molecule is Cc1cc(Cl)c(C2=C(O)C(C)NC2=O)c(Cl)c1. The van der Waals surface area contributed by atoms with E-state index in [1.54, 1.807) is 19.1 Å². The van der Waals surface area contributed by atoms with Gasteiger partial charge in [0.1, 0.15) is 5.76 Å². The van der Waals surface area contributed by atoms with E-state index in [-0.39, 0.29) is 17.2 Å². The smallest absolute Gasteiger partial charge is 0.256 e. The van der Waals surface area contributed by atoms with Crippen molar-refractivity contribution < 1.29 is 9.90 Å². The lowest BCUT2D eigenvalue weighted by Gasteiger charge is -2.08. The zero-order valence-corrected chi connectivity index (χ0v) is 10.9. The maximum absolute atomic E-state index is 11.7. The van der Waals surface area contributed by atoms with Crippen molar-refractivity contribution in [2.24, 2.45) is 0 Å². The quantitative estimate of drug-likeness (QED) is 0.825. The molecule has 0 radical (unpaired) electrons. The van der Waals surface area contributed by atoms with Crippen LogP contribution in [0.4, 0.5) is 0 Å². The lowest BCUT2D eigenvalue weighted by molar-refractivity contribution is -0.115. The highest BCUT2D eigenvalue weighted by Gasteiger charge is 2.32. The topological polar surface area (TPSA) is 49.3 Å². The Kier molecular flexibility index (Phi) is 3.06. The second-order valence-electron chi connectivity index (χ2n) is 4.06. The first-order valence-corrected chi connectivity index (χ1v) is 5.87. The number of aliphatic hydroxyl groups excluding tert-OH is 1. The molecule has 1 aromatic rings. The maximum Gasteiger partial charge on any atom is 0.256 e. The second kappa shape index (κ2) is 4.24. The second-order valence-corrected chi connectivity index (χ2v) is 4.87. The van der Waals surface area contributed by atoms with Crippen molar-refractivity contribution in [3.63, 3.8) is 0 Å². The number of halogens is 2. The van der Waals surface area contributed by atoms with Crippen LogP contribution in [0.25, 0.3) is 5.57 Å². The van der Waals surface area contributed by atoms with Crippen LogP contribution in [0.15, 0.2) is 17.9 Å². The number of hydrogen-bond donors (Lipinski definition) is 2. The average Bonchev–Trinajstić information content (AvgIpc) is 2.43. The van der Waals surface area contributed by atoms with Gasteiger partial charge >= 0.3 is 0 Å². The van der Waals surface area contributed by atoms with E-state index < -0.39 is 6.04 Å². The van der Waals surface area contributed by atoms with Gasteiger partial charge in [-0.3, -0.25) is 4.79 Å². The standard InChI is InChI=1S/C12H11Cl2NO2/c1-5-3-7(13)9(8(14)4-5)10-11(16)6(2)15-12(10)17/h3-4,6,16H,1-2H3,(H,15,17). The highest BCUT2D eigenvalue weighted by atomic mass is 35.5. The van der Waals surface area contributed by atoms with Gasteiger partial charge < -0.3 is 10.4 Å². The van der Waals surface area contributed by atoms with Crippen molar-refractivity contribution in [2.75, 3.05) is 0 Å². The molecule has 1 amide bonds. The first kappa shape index (κ1) is 12.3. The van der Waals surface area contributed by atoms with Gasteiger partial charge in [-0.15, -0.1) is 0 Å². The number of hydrogen-bond acceptors (Lipinski definition) is 2. The minimum atomic E-state index is -0.411. The number of aliphatic hydroxyl groups is 1. The number of nitrogens with one attached hydrogen (secondary N) is 1. The molecule has 90 valence electrons. The molecule has 3 nitrogen and oxygen atoms in total. The zero-order valence-electron chi connectivity index (χ0n) is 9.34. The molecular formula is C12H11Cl2NO2. The summed E-state index contributed by atoms with van der Waals surface area (Å²) < 4.78 is 0. The highest BCUT2D eigenvalue weighted by Crippen LogP contribution is 2.36. The summed E-state index contributed by atoms with van der Waals surface area (Å²) in [5.41, 5.74) is 1.45. The zero-order chi connectivity index (χ0) is 12.7. The van der Waals surface area contributed by atoms with Crippen LogP contribution in [-0.4, -0.2) is 17.1 Å². The van der Waals surface area contributed by atoms with Crippen molar-refractivity contribution in [3.8, 4) is 0 Å². The Hall–Kier alpha value is -1.19. The van der Waals surface area contributed by atoms with Crippen molar-refractivity contribution in [1.29, 1.82) is 0 Å². The number of benzene rings is 1. The summed E-state index contributed by atoms with van der Waals surface area (Å²) >= 11 is 12.2. The van der Waals surface area contributed by atoms with Crippen molar-refractivity contribution in [2.45, 2.75) is 19.9 Å². The van der Waals surface area contributed by atoms with Crippen LogP contribution in [0.5, 0.6) is 0 Å². The first-order valence-electron chi connectivity index (χ1n) is 5.12. The number of carbonyl (C=O) groups excluding carboxylic acids is 1. The molecule has 0 aromatic heterocycles. The van der Waals surface area contributed by atoms with Gasteiger partial charge in [-0.1, -0.05) is 23.2 Å². The van der Waals surface area contributed by atoms with E-state index in [2.05, 4.69) is 5.32 Å². The predicted octanol–water partition coefficient (Wildman–Crippen LogP) is 3.09. The van der Waals surface area contributed by atoms with Gasteiger partial charge in [0.2, 0.25) is 0 Å². The predicted molar refractivity (Wildman–Crippen MR) is 68.4 cm³/mol. The summed E-state index contributed by atoms with van der Waals surface area (Å²) in [6.07, 6.45) is 0. The summed E-state index contributed by atoms with van der Waals surface area (Å²) in [4.78, 5) is 11.7. The molecule has 1 aliphatic heterocycles. The average molecular weight is 272 g/mol. The Bertz CT molecular complexity index is 514. The summed E-state index contributed by atoms with van der Waals surface area (Å²) in [7, 11) is 0. The van der Waals surface area contributed by atoms with E-state index in [4.69, 9.17) is 23.2 Å². The largest absolute Gasteiger partial charge is 0.509 e. The third kappa shape index (κ3) is 2.01. The molecule has 1 aromatic carbocycles. The Morgan fingerprint density at radius 1 is 1.29 bits per heavy atom. The molecule has 5 heteroatoms. The molecule has 2 N–H and O–H groups in total. The summed E-state index contributed by atoms with van der Waals surface area (Å²) in [5.74, 6) is -0.384. The monoisotopic (exact) mass is 271 g/mol. The van der Waals surface area contributed by atoms with Crippen LogP contribution >= 0.6 is 23.2 Å². The lowest BCUT2D eigenvalue weighted by Crippen LogP contribution is -2.25. The fourth-order valence-electron chi connectivity index (χ4n) is 1.85. The first-order chi connectivity index (χ1) is 7.91. The molecule has 0 bridgehead atoms. The Labute approximate surface area is 109 Å². The molecule has 17 heavy (non-hydrogen) atoms. The van der Waals surface area contributed by atoms with Crippen LogP contribution in [-0.2, 0) is 4.79 Å². The van der Waals surface area contributed by atoms with Gasteiger partial charge in [0.05, 0.1) is 21.7 Å². The van der Waals surface area contributed by atoms with Gasteiger partial charge in [-0.05, 0) is 31.5 Å². The van der Waals surface area contributed by atoms with Crippen molar-refractivity contribution >= 4 is 34.7 Å². The van der Waals surface area contributed by atoms with Gasteiger partial charge in [-0.25, -0.2) is 0 Å². The van der Waals surface area contributed by atoms with Gasteiger partial charge in [0.15, 0.2) is 0 Å². The number of amides is 1. The Morgan fingerprint density at radius 3 is 2.24 bits per heavy atom. The molecule has 1 aliphatic rings. The van der Waals surface area contributed by atoms with Crippen molar-refractivity contribution in [3.05, 3.63) is 39.1 Å². The summed E-state index contributed by atoms with van der Waals surface area (Å²) in [5, 5.41) is 13.2. The van der Waals surface area contributed by atoms with E-state index in [0.29, 0.717) is 15.6 Å². The van der Waals surface area contributed by atoms with Crippen LogP contribution in [0.3, 0.4) is 0 Å². The van der Waals surface area contributed by atoms with E-state index in [1.165, 1.54) is 0 Å². The fourth-order valence-corrected chi connectivity index (χ4v) is 2.64. The molecule has 1 heterocycles. The molecule has 0 fully saturated rings. The summed E-state index contributed by atoms with van der Waals surface area (Å²) in [6.45, 7) is 3.54. The van der Waals surface area contributed by atoms with Crippen LogP contribution < -0.4 is 5.32 Å². The highest BCUT2D eigenvalue weighted by molar-refractivity contribution is 6.41. The molecule has 1 unspecified atom stereocenters. The maximum atomic E-state index is 11.7. The Balaban J connectivity index is 2.67. The van der Waals surface area contributed by atoms with E-state index in [9.17, 15) is 9.90 Å². The van der Waals surface area contributed by atoms with E-state index in [0.717, 1.165) is 5.56 Å². The van der Waals surface area contributed by atoms with Crippen LogP contribution in [0, 0.1) is 6.92 Å². The number of aryl methyl sites for hydroxylation is 1. The molecule has 1 atom stereocenters. The molecular weight excluding hydrogens is 261 g/mol. The molecule has 0 spiro atoms. The number of rotatable bonds is 1. The van der Waals surface area contributed by atoms with E-state index >= 15 is 0 Å². The minimum Gasteiger partial charge on any atom is -0.509 e. The lowest BCUT2D eigenvalue weighted by atomic mass is 10.0. The van der Waals surface area contributed by atoms with Crippen LogP contribution in [0.2, 0.25) is 10.0 Å². The fraction of sp³-hybridized carbons (Fsp3) is 0.250. The number of carbonyl (C=O) groups is 1. The Morgan fingerprint density at radius 2 is 1.82 bits per heavy atom. The van der Waals surface area contributed by atoms with E-state index in [1.807, 2.05) is 6.92 Å². The molecule has 0 aliphatic carbocycles. The third-order valence-electron chi connectivity index (χ3n) is 2.68. The van der Waals surface area contributed by atoms with Gasteiger partial charge in [-0.2, -0.15) is 0 Å². The third-order valence-corrected chi connectivity index (χ3v) is 3.27. The normalized spacial score (nSPS) is 19.8. The molecule has 2 rings (SSSR count). The molecule has 0 saturated carbocycles. The van der Waals surface area contributed by atoms with Crippen molar-refractivity contribution in [1.82, 2.24) is 5.32 Å². The van der Waals surface area contributed by atoms with Gasteiger partial charge in [0, 0.05) is 5.56 Å². The van der Waals surface area contributed by atoms with Crippen LogP contribution in [0.1, 0.15) is 18.1 Å².